The number of fused-ring (bicyclic) bond motifs is 3. The van der Waals surface area contributed by atoms with Gasteiger partial charge >= 0.3 is 0 Å². The predicted molar refractivity (Wildman–Crippen MR) is 62.2 cm³/mol. The molecule has 3 rings (SSSR count). The molecule has 0 aromatic heterocycles. The fourth-order valence-electron chi connectivity index (χ4n) is 3.26. The van der Waals surface area contributed by atoms with E-state index in [0.717, 1.165) is 17.8 Å². The summed E-state index contributed by atoms with van der Waals surface area (Å²) >= 11 is 0. The summed E-state index contributed by atoms with van der Waals surface area (Å²) in [5.74, 6) is 3.10. The van der Waals surface area contributed by atoms with Crippen molar-refractivity contribution < 1.29 is 0 Å². The summed E-state index contributed by atoms with van der Waals surface area (Å²) in [7, 11) is 0. The van der Waals surface area contributed by atoms with Crippen LogP contribution in [0.15, 0.2) is 12.2 Å². The Morgan fingerprint density at radius 3 is 2.50 bits per heavy atom. The first kappa shape index (κ1) is 10.3. The monoisotopic (exact) mass is 192 g/mol. The molecule has 0 N–H and O–H groups in total. The number of hydrogen-bond donors (Lipinski definition) is 0. The van der Waals surface area contributed by atoms with E-state index in [4.69, 9.17) is 0 Å². The van der Waals surface area contributed by atoms with Gasteiger partial charge in [0.05, 0.1) is 0 Å². The summed E-state index contributed by atoms with van der Waals surface area (Å²) < 4.78 is 0. The molecule has 0 heteroatoms. The van der Waals surface area contributed by atoms with Crippen LogP contribution in [0.2, 0.25) is 0 Å². The van der Waals surface area contributed by atoms with Crippen LogP contribution in [0.25, 0.3) is 0 Å². The highest BCUT2D eigenvalue weighted by molar-refractivity contribution is 4.98. The van der Waals surface area contributed by atoms with Crippen LogP contribution < -0.4 is 0 Å². The highest BCUT2D eigenvalue weighted by Crippen LogP contribution is 2.45. The van der Waals surface area contributed by atoms with Crippen LogP contribution in [-0.2, 0) is 0 Å². The van der Waals surface area contributed by atoms with Crippen molar-refractivity contribution in [2.24, 2.45) is 17.8 Å². The second-order valence-corrected chi connectivity index (χ2v) is 5.25. The van der Waals surface area contributed by atoms with Crippen LogP contribution in [0.3, 0.4) is 0 Å². The molecular weight excluding hydrogens is 168 g/mol. The van der Waals surface area contributed by atoms with Crippen molar-refractivity contribution in [2.45, 2.75) is 58.3 Å². The van der Waals surface area contributed by atoms with Crippen LogP contribution in [0.1, 0.15) is 58.3 Å². The molecule has 0 amide bonds. The smallest absolute Gasteiger partial charge is 0.0203 e. The van der Waals surface area contributed by atoms with Crippen molar-refractivity contribution in [3.63, 3.8) is 0 Å². The minimum absolute atomic E-state index is 0.958. The molecule has 0 radical (unpaired) electrons. The van der Waals surface area contributed by atoms with E-state index < -0.39 is 0 Å². The van der Waals surface area contributed by atoms with Crippen molar-refractivity contribution >= 4 is 0 Å². The van der Waals surface area contributed by atoms with E-state index in [-0.39, 0.29) is 0 Å². The van der Waals surface area contributed by atoms with Crippen molar-refractivity contribution in [1.82, 2.24) is 0 Å². The van der Waals surface area contributed by atoms with Gasteiger partial charge in [0.25, 0.3) is 0 Å². The normalized spacial score (nSPS) is 36.8. The third-order valence-electron chi connectivity index (χ3n) is 4.21. The van der Waals surface area contributed by atoms with E-state index in [2.05, 4.69) is 19.1 Å². The van der Waals surface area contributed by atoms with Gasteiger partial charge in [-0.05, 0) is 43.4 Å². The molecule has 2 bridgehead atoms. The number of allylic oxidation sites excluding steroid dienone is 2. The molecular formula is C14H24. The van der Waals surface area contributed by atoms with Gasteiger partial charge in [0.2, 0.25) is 0 Å². The van der Waals surface area contributed by atoms with Crippen LogP contribution in [0, 0.1) is 17.8 Å². The van der Waals surface area contributed by atoms with Gasteiger partial charge in [0.15, 0.2) is 0 Å². The van der Waals surface area contributed by atoms with Gasteiger partial charge in [-0.25, -0.2) is 0 Å². The fraction of sp³-hybridized carbons (Fsp3) is 0.857. The zero-order valence-electron chi connectivity index (χ0n) is 9.54. The highest BCUT2D eigenvalue weighted by atomic mass is 14.4. The molecule has 0 aromatic carbocycles. The van der Waals surface area contributed by atoms with Gasteiger partial charge in [-0.15, -0.1) is 0 Å². The summed E-state index contributed by atoms with van der Waals surface area (Å²) in [5, 5.41) is 0. The van der Waals surface area contributed by atoms with Gasteiger partial charge in [-0.1, -0.05) is 44.8 Å². The lowest BCUT2D eigenvalue weighted by Gasteiger charge is -2.41. The molecule has 14 heavy (non-hydrogen) atoms. The molecule has 1 unspecified atom stereocenters. The Labute approximate surface area is 88.8 Å². The largest absolute Gasteiger partial charge is 0.0882 e. The van der Waals surface area contributed by atoms with E-state index in [1.54, 1.807) is 0 Å². The predicted octanol–water partition coefficient (Wildman–Crippen LogP) is 4.56. The lowest BCUT2D eigenvalue weighted by atomic mass is 9.65. The summed E-state index contributed by atoms with van der Waals surface area (Å²) in [6.45, 7) is 2.27. The molecule has 0 saturated heterocycles. The Hall–Kier alpha value is -0.260. The van der Waals surface area contributed by atoms with E-state index in [1.807, 2.05) is 0 Å². The van der Waals surface area contributed by atoms with E-state index in [0.29, 0.717) is 0 Å². The standard InChI is InChI=1S/C14H24/c1-2-3-4-5-6-14-11-12-7-9-13(14)10-8-12/h5-6,12-14H,2-4,7-11H2,1H3. The second kappa shape index (κ2) is 5.00. The zero-order chi connectivity index (χ0) is 9.80. The third kappa shape index (κ3) is 2.40. The quantitative estimate of drug-likeness (QED) is 0.452. The summed E-state index contributed by atoms with van der Waals surface area (Å²) in [6.07, 6.45) is 16.6. The summed E-state index contributed by atoms with van der Waals surface area (Å²) in [4.78, 5) is 0. The Morgan fingerprint density at radius 1 is 1.14 bits per heavy atom. The molecule has 3 fully saturated rings. The van der Waals surface area contributed by atoms with Gasteiger partial charge in [0.1, 0.15) is 0 Å². The lowest BCUT2D eigenvalue weighted by Crippen LogP contribution is -2.29. The van der Waals surface area contributed by atoms with E-state index in [9.17, 15) is 0 Å². The highest BCUT2D eigenvalue weighted by Gasteiger charge is 2.33. The fourth-order valence-corrected chi connectivity index (χ4v) is 3.26. The lowest BCUT2D eigenvalue weighted by molar-refractivity contribution is 0.128. The number of hydrogen-bond acceptors (Lipinski definition) is 0. The third-order valence-corrected chi connectivity index (χ3v) is 4.21. The van der Waals surface area contributed by atoms with Gasteiger partial charge in [0, 0.05) is 0 Å². The molecule has 3 saturated carbocycles. The average Bonchev–Trinajstić information content (AvgIpc) is 2.26. The molecule has 80 valence electrons. The van der Waals surface area contributed by atoms with Crippen LogP contribution >= 0.6 is 0 Å². The van der Waals surface area contributed by atoms with Crippen molar-refractivity contribution in [1.29, 1.82) is 0 Å². The minimum atomic E-state index is 0.958. The Kier molecular flexibility index (Phi) is 3.67. The Bertz CT molecular complexity index is 184. The van der Waals surface area contributed by atoms with Crippen molar-refractivity contribution in [2.75, 3.05) is 0 Å². The number of rotatable bonds is 4. The first-order chi connectivity index (χ1) is 6.90. The Balaban J connectivity index is 1.78. The SMILES string of the molecule is CCCCC=CC1CC2CCC1CC2. The van der Waals surface area contributed by atoms with E-state index in [1.165, 1.54) is 51.4 Å². The summed E-state index contributed by atoms with van der Waals surface area (Å²) in [6, 6.07) is 0. The molecule has 3 aliphatic carbocycles. The van der Waals surface area contributed by atoms with Crippen LogP contribution in [-0.4, -0.2) is 0 Å². The molecule has 0 nitrogen and oxygen atoms in total. The second-order valence-electron chi connectivity index (χ2n) is 5.25. The van der Waals surface area contributed by atoms with Crippen LogP contribution in [0.5, 0.6) is 0 Å². The first-order valence-corrected chi connectivity index (χ1v) is 6.56. The van der Waals surface area contributed by atoms with Gasteiger partial charge in [-0.3, -0.25) is 0 Å². The van der Waals surface area contributed by atoms with E-state index >= 15 is 0 Å². The molecule has 0 aromatic rings. The Morgan fingerprint density at radius 2 is 1.93 bits per heavy atom. The van der Waals surface area contributed by atoms with Crippen LogP contribution in [0.4, 0.5) is 0 Å². The maximum Gasteiger partial charge on any atom is -0.0203 e. The zero-order valence-corrected chi connectivity index (χ0v) is 9.54. The topological polar surface area (TPSA) is 0 Å². The van der Waals surface area contributed by atoms with Crippen molar-refractivity contribution in [3.05, 3.63) is 12.2 Å². The molecule has 0 aliphatic heterocycles. The average molecular weight is 192 g/mol. The minimum Gasteiger partial charge on any atom is -0.0882 e. The molecule has 3 aliphatic rings. The summed E-state index contributed by atoms with van der Waals surface area (Å²) in [5.41, 5.74) is 0. The maximum absolute atomic E-state index is 2.55. The number of unbranched alkanes of at least 4 members (excludes halogenated alkanes) is 2. The molecule has 0 spiro atoms. The first-order valence-electron chi connectivity index (χ1n) is 6.56. The molecule has 0 heterocycles. The maximum atomic E-state index is 2.55. The van der Waals surface area contributed by atoms with Gasteiger partial charge in [-0.2, -0.15) is 0 Å². The molecule has 1 atom stereocenters. The van der Waals surface area contributed by atoms with Gasteiger partial charge < -0.3 is 0 Å². The van der Waals surface area contributed by atoms with Crippen molar-refractivity contribution in [3.8, 4) is 0 Å².